The van der Waals surface area contributed by atoms with Crippen LogP contribution in [0.2, 0.25) is 0 Å². The molecule has 0 saturated carbocycles. The molecule has 6 heteroatoms. The van der Waals surface area contributed by atoms with Crippen molar-refractivity contribution in [1.82, 2.24) is 15.1 Å². The first-order valence-electron chi connectivity index (χ1n) is 7.40. The highest BCUT2D eigenvalue weighted by atomic mass is 79.9. The largest absolute Gasteiger partial charge is 0.419 e. The van der Waals surface area contributed by atoms with E-state index in [-0.39, 0.29) is 0 Å². The van der Waals surface area contributed by atoms with Crippen LogP contribution < -0.4 is 0 Å². The molecule has 0 saturated heterocycles. The smallest absolute Gasteiger partial charge is 0.247 e. The monoisotopic (exact) mass is 382 g/mol. The van der Waals surface area contributed by atoms with Crippen LogP contribution in [0.4, 0.5) is 0 Å². The molecule has 0 radical (unpaired) electrons. The predicted octanol–water partition coefficient (Wildman–Crippen LogP) is 4.00. The third kappa shape index (κ3) is 4.07. The predicted molar refractivity (Wildman–Crippen MR) is 93.8 cm³/mol. The van der Waals surface area contributed by atoms with Crippen LogP contribution in [0, 0.1) is 11.3 Å². The van der Waals surface area contributed by atoms with E-state index in [0.717, 1.165) is 15.6 Å². The van der Waals surface area contributed by atoms with Gasteiger partial charge in [0.05, 0.1) is 18.2 Å². The highest BCUT2D eigenvalue weighted by Crippen LogP contribution is 2.22. The maximum atomic E-state index is 8.96. The van der Waals surface area contributed by atoms with Gasteiger partial charge in [0.1, 0.15) is 0 Å². The van der Waals surface area contributed by atoms with Crippen molar-refractivity contribution in [3.8, 4) is 17.5 Å². The molecule has 1 aromatic heterocycles. The Labute approximate surface area is 148 Å². The quantitative estimate of drug-likeness (QED) is 0.666. The van der Waals surface area contributed by atoms with Crippen molar-refractivity contribution < 1.29 is 4.42 Å². The molecule has 3 rings (SSSR count). The Balaban J connectivity index is 1.67. The summed E-state index contributed by atoms with van der Waals surface area (Å²) >= 11 is 3.43. The van der Waals surface area contributed by atoms with Gasteiger partial charge in [0, 0.05) is 16.6 Å². The Morgan fingerprint density at radius 2 is 1.96 bits per heavy atom. The lowest BCUT2D eigenvalue weighted by molar-refractivity contribution is 0.283. The Bertz CT molecular complexity index is 884. The van der Waals surface area contributed by atoms with Crippen molar-refractivity contribution in [3.63, 3.8) is 0 Å². The second kappa shape index (κ2) is 7.39. The minimum atomic E-state index is 0.506. The SMILES string of the molecule is CN(Cc1cccc(C#N)c1)Cc1nnc(-c2cccc(Br)c2)o1. The van der Waals surface area contributed by atoms with Crippen LogP contribution in [0.25, 0.3) is 11.5 Å². The third-order valence-electron chi connectivity index (χ3n) is 3.45. The fraction of sp³-hybridized carbons (Fsp3) is 0.167. The Morgan fingerprint density at radius 1 is 1.12 bits per heavy atom. The first-order valence-corrected chi connectivity index (χ1v) is 8.19. The van der Waals surface area contributed by atoms with Gasteiger partial charge in [0.15, 0.2) is 0 Å². The normalized spacial score (nSPS) is 10.8. The summed E-state index contributed by atoms with van der Waals surface area (Å²) in [7, 11) is 1.97. The number of nitriles is 1. The summed E-state index contributed by atoms with van der Waals surface area (Å²) in [6, 6.07) is 17.5. The molecule has 24 heavy (non-hydrogen) atoms. The van der Waals surface area contributed by atoms with Gasteiger partial charge in [-0.3, -0.25) is 4.90 Å². The zero-order chi connectivity index (χ0) is 16.9. The minimum absolute atomic E-state index is 0.506. The van der Waals surface area contributed by atoms with Crippen molar-refractivity contribution in [2.45, 2.75) is 13.1 Å². The van der Waals surface area contributed by atoms with E-state index in [1.165, 1.54) is 0 Å². The number of halogens is 1. The van der Waals surface area contributed by atoms with Crippen LogP contribution in [0.5, 0.6) is 0 Å². The lowest BCUT2D eigenvalue weighted by atomic mass is 10.1. The fourth-order valence-electron chi connectivity index (χ4n) is 2.39. The van der Waals surface area contributed by atoms with E-state index < -0.39 is 0 Å². The number of aromatic nitrogens is 2. The molecule has 0 atom stereocenters. The summed E-state index contributed by atoms with van der Waals surface area (Å²) in [4.78, 5) is 2.06. The lowest BCUT2D eigenvalue weighted by Gasteiger charge is -2.14. The van der Waals surface area contributed by atoms with Gasteiger partial charge in [-0.2, -0.15) is 5.26 Å². The van der Waals surface area contributed by atoms with Gasteiger partial charge in [-0.25, -0.2) is 0 Å². The molecule has 0 N–H and O–H groups in total. The summed E-state index contributed by atoms with van der Waals surface area (Å²) in [6.45, 7) is 1.24. The number of rotatable bonds is 5. The van der Waals surface area contributed by atoms with E-state index in [1.807, 2.05) is 49.5 Å². The van der Waals surface area contributed by atoms with E-state index in [0.29, 0.717) is 30.4 Å². The van der Waals surface area contributed by atoms with Crippen molar-refractivity contribution in [2.24, 2.45) is 0 Å². The number of nitrogens with zero attached hydrogens (tertiary/aromatic N) is 4. The van der Waals surface area contributed by atoms with Crippen molar-refractivity contribution in [3.05, 3.63) is 70.0 Å². The number of benzene rings is 2. The van der Waals surface area contributed by atoms with Gasteiger partial charge in [0.2, 0.25) is 11.8 Å². The zero-order valence-electron chi connectivity index (χ0n) is 13.1. The molecule has 3 aromatic rings. The molecule has 120 valence electrons. The molecule has 0 aliphatic carbocycles. The van der Waals surface area contributed by atoms with Crippen LogP contribution in [-0.2, 0) is 13.1 Å². The Hall–Kier alpha value is -2.49. The number of hydrogen-bond acceptors (Lipinski definition) is 5. The number of hydrogen-bond donors (Lipinski definition) is 0. The van der Waals surface area contributed by atoms with Gasteiger partial charge < -0.3 is 4.42 Å². The topological polar surface area (TPSA) is 66.0 Å². The molecule has 0 spiro atoms. The third-order valence-corrected chi connectivity index (χ3v) is 3.95. The first kappa shape index (κ1) is 16.4. The first-order chi connectivity index (χ1) is 11.6. The van der Waals surface area contributed by atoms with Crippen LogP contribution >= 0.6 is 15.9 Å². The van der Waals surface area contributed by atoms with Gasteiger partial charge in [-0.15, -0.1) is 10.2 Å². The second-order valence-electron chi connectivity index (χ2n) is 5.50. The average molecular weight is 383 g/mol. The highest BCUT2D eigenvalue weighted by molar-refractivity contribution is 9.10. The Kier molecular flexibility index (Phi) is 5.04. The van der Waals surface area contributed by atoms with Crippen molar-refractivity contribution >= 4 is 15.9 Å². The standard InChI is InChI=1S/C18H15BrN4O/c1-23(11-14-5-2-4-13(8-14)10-20)12-17-21-22-18(24-17)15-6-3-7-16(19)9-15/h2-9H,11-12H2,1H3. The van der Waals surface area contributed by atoms with E-state index in [1.54, 1.807) is 6.07 Å². The average Bonchev–Trinajstić information content (AvgIpc) is 3.03. The molecule has 0 aliphatic heterocycles. The molecule has 0 bridgehead atoms. The summed E-state index contributed by atoms with van der Waals surface area (Å²) in [6.07, 6.45) is 0. The molecular weight excluding hydrogens is 368 g/mol. The van der Waals surface area contributed by atoms with Crippen LogP contribution in [0.3, 0.4) is 0 Å². The summed E-state index contributed by atoms with van der Waals surface area (Å²) < 4.78 is 6.71. The van der Waals surface area contributed by atoms with Crippen LogP contribution in [0.1, 0.15) is 17.0 Å². The molecular formula is C18H15BrN4O. The minimum Gasteiger partial charge on any atom is -0.419 e. The highest BCUT2D eigenvalue weighted by Gasteiger charge is 2.11. The fourth-order valence-corrected chi connectivity index (χ4v) is 2.79. The van der Waals surface area contributed by atoms with Crippen LogP contribution in [0.15, 0.2) is 57.4 Å². The second-order valence-corrected chi connectivity index (χ2v) is 6.41. The molecule has 0 amide bonds. The van der Waals surface area contributed by atoms with E-state index >= 15 is 0 Å². The molecule has 5 nitrogen and oxygen atoms in total. The van der Waals surface area contributed by atoms with Crippen molar-refractivity contribution in [1.29, 1.82) is 5.26 Å². The molecule has 2 aromatic carbocycles. The summed E-state index contributed by atoms with van der Waals surface area (Å²) in [5.74, 6) is 1.06. The summed E-state index contributed by atoms with van der Waals surface area (Å²) in [5.41, 5.74) is 2.62. The van der Waals surface area contributed by atoms with Crippen molar-refractivity contribution in [2.75, 3.05) is 7.05 Å². The van der Waals surface area contributed by atoms with Crippen LogP contribution in [-0.4, -0.2) is 22.1 Å². The molecule has 1 heterocycles. The molecule has 0 unspecified atom stereocenters. The lowest BCUT2D eigenvalue weighted by Crippen LogP contribution is -2.17. The van der Waals surface area contributed by atoms with E-state index in [2.05, 4.69) is 37.1 Å². The van der Waals surface area contributed by atoms with Gasteiger partial charge in [-0.05, 0) is 42.9 Å². The summed E-state index contributed by atoms with van der Waals surface area (Å²) in [5, 5.41) is 17.2. The van der Waals surface area contributed by atoms with Gasteiger partial charge in [-0.1, -0.05) is 34.1 Å². The van der Waals surface area contributed by atoms with E-state index in [4.69, 9.17) is 9.68 Å². The maximum Gasteiger partial charge on any atom is 0.247 e. The Morgan fingerprint density at radius 3 is 2.75 bits per heavy atom. The van der Waals surface area contributed by atoms with E-state index in [9.17, 15) is 0 Å². The molecule has 0 fully saturated rings. The van der Waals surface area contributed by atoms with Gasteiger partial charge in [0.25, 0.3) is 0 Å². The maximum absolute atomic E-state index is 8.96. The zero-order valence-corrected chi connectivity index (χ0v) is 14.7. The molecule has 0 aliphatic rings. The van der Waals surface area contributed by atoms with Gasteiger partial charge >= 0.3 is 0 Å².